The smallest absolute Gasteiger partial charge is 0.251 e. The standard InChI is InChI=1S/C18H20N4O3/c1-12-10-22(11-16(25-12)18(24)21-7-8-23)15-5-4-13(9-19)17-14(15)3-2-6-20-17/h2-6,12,16,23H,7-8,10-11H2,1H3,(H,21,24)/t12-,16-/m1/s1. The van der Waals surface area contributed by atoms with Gasteiger partial charge in [-0.1, -0.05) is 0 Å². The fourth-order valence-electron chi connectivity index (χ4n) is 3.11. The van der Waals surface area contributed by atoms with Crippen molar-refractivity contribution >= 4 is 22.5 Å². The van der Waals surface area contributed by atoms with Crippen LogP contribution in [-0.4, -0.2) is 54.4 Å². The van der Waals surface area contributed by atoms with Crippen LogP contribution in [0.1, 0.15) is 12.5 Å². The van der Waals surface area contributed by atoms with E-state index < -0.39 is 6.10 Å². The number of nitrogens with one attached hydrogen (secondary N) is 1. The third-order valence-electron chi connectivity index (χ3n) is 4.17. The topological polar surface area (TPSA) is 98.5 Å². The number of carbonyl (C=O) groups is 1. The second kappa shape index (κ2) is 7.47. The highest BCUT2D eigenvalue weighted by Gasteiger charge is 2.31. The number of aliphatic hydroxyl groups is 1. The van der Waals surface area contributed by atoms with Crippen molar-refractivity contribution < 1.29 is 14.6 Å². The Hall–Kier alpha value is -2.69. The van der Waals surface area contributed by atoms with E-state index in [-0.39, 0.29) is 25.2 Å². The highest BCUT2D eigenvalue weighted by Crippen LogP contribution is 2.30. The molecule has 130 valence electrons. The maximum Gasteiger partial charge on any atom is 0.251 e. The number of pyridine rings is 1. The molecular weight excluding hydrogens is 320 g/mol. The summed E-state index contributed by atoms with van der Waals surface area (Å²) < 4.78 is 5.75. The number of carbonyl (C=O) groups excluding carboxylic acids is 1. The maximum atomic E-state index is 12.2. The lowest BCUT2D eigenvalue weighted by molar-refractivity contribution is -0.137. The van der Waals surface area contributed by atoms with Crippen molar-refractivity contribution in [2.45, 2.75) is 19.1 Å². The van der Waals surface area contributed by atoms with Gasteiger partial charge in [-0.3, -0.25) is 9.78 Å². The third-order valence-corrected chi connectivity index (χ3v) is 4.17. The van der Waals surface area contributed by atoms with Crippen LogP contribution in [0.2, 0.25) is 0 Å². The van der Waals surface area contributed by atoms with E-state index in [1.165, 1.54) is 0 Å². The quantitative estimate of drug-likeness (QED) is 0.855. The van der Waals surface area contributed by atoms with Crippen LogP contribution in [0.4, 0.5) is 5.69 Å². The SMILES string of the molecule is C[C@@H]1CN(c2ccc(C#N)c3ncccc23)C[C@H](C(=O)NCCO)O1. The fourth-order valence-corrected chi connectivity index (χ4v) is 3.11. The van der Waals surface area contributed by atoms with Gasteiger partial charge in [-0.2, -0.15) is 5.26 Å². The number of morpholine rings is 1. The molecular formula is C18H20N4O3. The molecule has 1 fully saturated rings. The molecule has 1 saturated heterocycles. The Kier molecular flexibility index (Phi) is 5.12. The minimum Gasteiger partial charge on any atom is -0.395 e. The molecule has 0 bridgehead atoms. The normalized spacial score (nSPS) is 20.3. The molecule has 2 aromatic rings. The molecule has 7 nitrogen and oxygen atoms in total. The molecule has 3 rings (SSSR count). The second-order valence-electron chi connectivity index (χ2n) is 6.00. The Morgan fingerprint density at radius 1 is 1.48 bits per heavy atom. The van der Waals surface area contributed by atoms with Gasteiger partial charge < -0.3 is 20.1 Å². The Morgan fingerprint density at radius 3 is 3.08 bits per heavy atom. The van der Waals surface area contributed by atoms with Crippen LogP contribution in [0.3, 0.4) is 0 Å². The van der Waals surface area contributed by atoms with E-state index in [0.717, 1.165) is 11.1 Å². The molecule has 0 spiro atoms. The van der Waals surface area contributed by atoms with Gasteiger partial charge in [0, 0.05) is 30.4 Å². The van der Waals surface area contributed by atoms with Gasteiger partial charge in [0.25, 0.3) is 5.91 Å². The van der Waals surface area contributed by atoms with Crippen LogP contribution < -0.4 is 10.2 Å². The lowest BCUT2D eigenvalue weighted by Crippen LogP contribution is -2.53. The van der Waals surface area contributed by atoms with Crippen molar-refractivity contribution in [3.63, 3.8) is 0 Å². The van der Waals surface area contributed by atoms with Gasteiger partial charge >= 0.3 is 0 Å². The number of nitriles is 1. The minimum absolute atomic E-state index is 0.107. The Bertz CT molecular complexity index is 818. The number of rotatable bonds is 4. The molecule has 1 aliphatic heterocycles. The first-order chi connectivity index (χ1) is 12.1. The third kappa shape index (κ3) is 3.55. The molecule has 0 aliphatic carbocycles. The average molecular weight is 340 g/mol. The number of fused-ring (bicyclic) bond motifs is 1. The van der Waals surface area contributed by atoms with E-state index in [1.54, 1.807) is 12.3 Å². The first kappa shape index (κ1) is 17.1. The predicted octanol–water partition coefficient (Wildman–Crippen LogP) is 0.809. The van der Waals surface area contributed by atoms with Crippen molar-refractivity contribution in [3.05, 3.63) is 36.0 Å². The van der Waals surface area contributed by atoms with E-state index in [2.05, 4.69) is 21.3 Å². The summed E-state index contributed by atoms with van der Waals surface area (Å²) in [4.78, 5) is 18.6. The Morgan fingerprint density at radius 2 is 2.32 bits per heavy atom. The molecule has 7 heteroatoms. The average Bonchev–Trinajstić information content (AvgIpc) is 2.64. The van der Waals surface area contributed by atoms with Crippen molar-refractivity contribution in [1.29, 1.82) is 5.26 Å². The molecule has 2 N–H and O–H groups in total. The molecule has 25 heavy (non-hydrogen) atoms. The van der Waals surface area contributed by atoms with Gasteiger partial charge in [0.2, 0.25) is 0 Å². The number of aromatic nitrogens is 1. The highest BCUT2D eigenvalue weighted by molar-refractivity contribution is 5.95. The summed E-state index contributed by atoms with van der Waals surface area (Å²) in [5, 5.41) is 21.7. The number of hydrogen-bond acceptors (Lipinski definition) is 6. The van der Waals surface area contributed by atoms with Crippen LogP contribution in [0.15, 0.2) is 30.5 Å². The first-order valence-electron chi connectivity index (χ1n) is 8.21. The monoisotopic (exact) mass is 340 g/mol. The summed E-state index contributed by atoms with van der Waals surface area (Å²) in [6.07, 6.45) is 0.929. The van der Waals surface area contributed by atoms with Gasteiger partial charge in [-0.25, -0.2) is 0 Å². The van der Waals surface area contributed by atoms with E-state index in [9.17, 15) is 10.1 Å². The highest BCUT2D eigenvalue weighted by atomic mass is 16.5. The van der Waals surface area contributed by atoms with Crippen LogP contribution >= 0.6 is 0 Å². The summed E-state index contributed by atoms with van der Waals surface area (Å²) in [5.74, 6) is -0.235. The zero-order valence-corrected chi connectivity index (χ0v) is 14.0. The molecule has 2 heterocycles. The zero-order chi connectivity index (χ0) is 17.8. The summed E-state index contributed by atoms with van der Waals surface area (Å²) in [6, 6.07) is 9.58. The van der Waals surface area contributed by atoms with Gasteiger partial charge in [-0.15, -0.1) is 0 Å². The summed E-state index contributed by atoms with van der Waals surface area (Å²) >= 11 is 0. The summed E-state index contributed by atoms with van der Waals surface area (Å²) in [7, 11) is 0. The van der Waals surface area contributed by atoms with Crippen LogP contribution in [0.5, 0.6) is 0 Å². The number of aliphatic hydroxyl groups excluding tert-OH is 1. The lowest BCUT2D eigenvalue weighted by Gasteiger charge is -2.38. The molecule has 0 unspecified atom stereocenters. The molecule has 2 atom stereocenters. The summed E-state index contributed by atoms with van der Waals surface area (Å²) in [6.45, 7) is 3.06. The number of benzene rings is 1. The van der Waals surface area contributed by atoms with E-state index >= 15 is 0 Å². The number of amides is 1. The van der Waals surface area contributed by atoms with E-state index in [0.29, 0.717) is 24.2 Å². The number of nitrogens with zero attached hydrogens (tertiary/aromatic N) is 3. The van der Waals surface area contributed by atoms with Gasteiger partial charge in [-0.05, 0) is 31.2 Å². The summed E-state index contributed by atoms with van der Waals surface area (Å²) in [5.41, 5.74) is 2.11. The zero-order valence-electron chi connectivity index (χ0n) is 14.0. The fraction of sp³-hybridized carbons (Fsp3) is 0.389. The van der Waals surface area contributed by atoms with Gasteiger partial charge in [0.1, 0.15) is 6.07 Å². The number of ether oxygens (including phenoxy) is 1. The minimum atomic E-state index is -0.613. The van der Waals surface area contributed by atoms with Crippen LogP contribution in [0.25, 0.3) is 10.9 Å². The first-order valence-corrected chi connectivity index (χ1v) is 8.21. The largest absolute Gasteiger partial charge is 0.395 e. The molecule has 1 aromatic heterocycles. The van der Waals surface area contributed by atoms with Crippen molar-refractivity contribution in [3.8, 4) is 6.07 Å². The number of anilines is 1. The number of hydrogen-bond donors (Lipinski definition) is 2. The molecule has 0 saturated carbocycles. The van der Waals surface area contributed by atoms with E-state index in [4.69, 9.17) is 9.84 Å². The van der Waals surface area contributed by atoms with E-state index in [1.807, 2.05) is 25.1 Å². The van der Waals surface area contributed by atoms with Crippen molar-refractivity contribution in [2.75, 3.05) is 31.1 Å². The van der Waals surface area contributed by atoms with Crippen molar-refractivity contribution in [2.24, 2.45) is 0 Å². The Labute approximate surface area is 145 Å². The second-order valence-corrected chi connectivity index (χ2v) is 6.00. The van der Waals surface area contributed by atoms with Gasteiger partial charge in [0.05, 0.1) is 30.3 Å². The van der Waals surface area contributed by atoms with Crippen molar-refractivity contribution in [1.82, 2.24) is 10.3 Å². The van der Waals surface area contributed by atoms with Crippen LogP contribution in [0, 0.1) is 11.3 Å². The molecule has 1 aliphatic rings. The maximum absolute atomic E-state index is 12.2. The molecule has 1 aromatic carbocycles. The Balaban J connectivity index is 1.92. The molecule has 0 radical (unpaired) electrons. The molecule has 1 amide bonds. The lowest BCUT2D eigenvalue weighted by atomic mass is 10.1. The van der Waals surface area contributed by atoms with Gasteiger partial charge in [0.15, 0.2) is 6.10 Å². The van der Waals surface area contributed by atoms with Crippen LogP contribution in [-0.2, 0) is 9.53 Å². The predicted molar refractivity (Wildman–Crippen MR) is 93.1 cm³/mol.